The molecule has 2 heterocycles. The molecule has 0 radical (unpaired) electrons. The number of carbonyl (C=O) groups is 2. The van der Waals surface area contributed by atoms with Gasteiger partial charge in [0, 0.05) is 37.2 Å². The normalized spacial score (nSPS) is 21.6. The Bertz CT molecular complexity index is 893. The van der Waals surface area contributed by atoms with Crippen molar-refractivity contribution in [1.82, 2.24) is 4.90 Å². The molecule has 4 rings (SSSR count). The molecule has 0 saturated carbocycles. The van der Waals surface area contributed by atoms with Crippen molar-refractivity contribution in [2.45, 2.75) is 26.2 Å². The van der Waals surface area contributed by atoms with Gasteiger partial charge in [-0.2, -0.15) is 0 Å². The third kappa shape index (κ3) is 3.49. The van der Waals surface area contributed by atoms with Gasteiger partial charge in [-0.25, -0.2) is 0 Å². The molecule has 2 aliphatic rings. The number of para-hydroxylation sites is 1. The molecule has 0 aliphatic carbocycles. The first-order chi connectivity index (χ1) is 13.5. The number of hydrogen-bond donors (Lipinski definition) is 0. The zero-order valence-electron chi connectivity index (χ0n) is 16.5. The van der Waals surface area contributed by atoms with Gasteiger partial charge in [0.05, 0.1) is 13.5 Å². The molecule has 146 valence electrons. The van der Waals surface area contributed by atoms with Gasteiger partial charge < -0.3 is 14.5 Å². The average molecular weight is 378 g/mol. The van der Waals surface area contributed by atoms with Crippen LogP contribution in [0.3, 0.4) is 0 Å². The zero-order valence-corrected chi connectivity index (χ0v) is 16.5. The number of anilines is 1. The fourth-order valence-electron chi connectivity index (χ4n) is 4.43. The average Bonchev–Trinajstić information content (AvgIpc) is 3.25. The van der Waals surface area contributed by atoms with Gasteiger partial charge in [-0.1, -0.05) is 30.3 Å². The molecular weight excluding hydrogens is 352 g/mol. The second kappa shape index (κ2) is 7.30. The Hall–Kier alpha value is -2.82. The van der Waals surface area contributed by atoms with Crippen molar-refractivity contribution in [3.8, 4) is 5.75 Å². The summed E-state index contributed by atoms with van der Waals surface area (Å²) in [5.74, 6) is 1.08. The van der Waals surface area contributed by atoms with Crippen molar-refractivity contribution in [3.63, 3.8) is 0 Å². The highest BCUT2D eigenvalue weighted by Gasteiger charge is 2.48. The van der Waals surface area contributed by atoms with E-state index < -0.39 is 0 Å². The predicted molar refractivity (Wildman–Crippen MR) is 108 cm³/mol. The molecule has 1 spiro atoms. The first-order valence-corrected chi connectivity index (χ1v) is 9.76. The lowest BCUT2D eigenvalue weighted by Crippen LogP contribution is -2.35. The Labute approximate surface area is 165 Å². The lowest BCUT2D eigenvalue weighted by Gasteiger charge is -2.25. The smallest absolute Gasteiger partial charge is 0.227 e. The second-order valence-electron chi connectivity index (χ2n) is 8.03. The quantitative estimate of drug-likeness (QED) is 0.821. The van der Waals surface area contributed by atoms with E-state index in [1.807, 2.05) is 65.3 Å². The van der Waals surface area contributed by atoms with Crippen LogP contribution in [0.25, 0.3) is 0 Å². The van der Waals surface area contributed by atoms with Crippen molar-refractivity contribution in [3.05, 3.63) is 59.7 Å². The number of benzene rings is 2. The van der Waals surface area contributed by atoms with Crippen LogP contribution >= 0.6 is 0 Å². The Morgan fingerprint density at radius 1 is 1.11 bits per heavy atom. The van der Waals surface area contributed by atoms with Crippen LogP contribution in [0.4, 0.5) is 5.69 Å². The minimum Gasteiger partial charge on any atom is -0.497 e. The highest BCUT2D eigenvalue weighted by atomic mass is 16.5. The van der Waals surface area contributed by atoms with Crippen LogP contribution in [-0.2, 0) is 16.0 Å². The van der Waals surface area contributed by atoms with Crippen molar-refractivity contribution >= 4 is 17.5 Å². The van der Waals surface area contributed by atoms with Gasteiger partial charge >= 0.3 is 0 Å². The standard InChI is InChI=1S/C23H26N2O3/c1-17-5-3-4-6-20(17)25-16-23(14-22(25)27)11-12-24(15-23)21(26)13-18-7-9-19(28-2)10-8-18/h3-10H,11-16H2,1-2H3. The van der Waals surface area contributed by atoms with E-state index in [1.165, 1.54) is 0 Å². The van der Waals surface area contributed by atoms with Crippen molar-refractivity contribution in [2.75, 3.05) is 31.6 Å². The summed E-state index contributed by atoms with van der Waals surface area (Å²) in [4.78, 5) is 29.4. The maximum absolute atomic E-state index is 12.8. The molecule has 1 atom stereocenters. The van der Waals surface area contributed by atoms with Crippen LogP contribution in [0.15, 0.2) is 48.5 Å². The van der Waals surface area contributed by atoms with Crippen LogP contribution in [0, 0.1) is 12.3 Å². The van der Waals surface area contributed by atoms with Crippen LogP contribution in [-0.4, -0.2) is 43.5 Å². The molecule has 5 heteroatoms. The van der Waals surface area contributed by atoms with E-state index in [0.717, 1.165) is 35.5 Å². The Kier molecular flexibility index (Phi) is 4.84. The number of amides is 2. The molecule has 2 aromatic carbocycles. The maximum Gasteiger partial charge on any atom is 0.227 e. The lowest BCUT2D eigenvalue weighted by atomic mass is 9.86. The third-order valence-corrected chi connectivity index (χ3v) is 6.03. The van der Waals surface area contributed by atoms with Gasteiger partial charge in [0.1, 0.15) is 5.75 Å². The number of nitrogens with zero attached hydrogens (tertiary/aromatic N) is 2. The number of carbonyl (C=O) groups excluding carboxylic acids is 2. The summed E-state index contributed by atoms with van der Waals surface area (Å²) in [6.07, 6.45) is 1.79. The fraction of sp³-hybridized carbons (Fsp3) is 0.391. The second-order valence-corrected chi connectivity index (χ2v) is 8.03. The molecule has 0 N–H and O–H groups in total. The number of methoxy groups -OCH3 is 1. The predicted octanol–water partition coefficient (Wildman–Crippen LogP) is 3.20. The number of ether oxygens (including phenoxy) is 1. The SMILES string of the molecule is COc1ccc(CC(=O)N2CCC3(CC(=O)N(c4ccccc4C)C3)C2)cc1. The van der Waals surface area contributed by atoms with Crippen molar-refractivity contribution in [1.29, 1.82) is 0 Å². The summed E-state index contributed by atoms with van der Waals surface area (Å²) in [6.45, 7) is 4.12. The Morgan fingerprint density at radius 3 is 2.57 bits per heavy atom. The molecule has 2 amide bonds. The van der Waals surface area contributed by atoms with Gasteiger partial charge in [0.2, 0.25) is 11.8 Å². The van der Waals surface area contributed by atoms with E-state index >= 15 is 0 Å². The summed E-state index contributed by atoms with van der Waals surface area (Å²) in [5, 5.41) is 0. The van der Waals surface area contributed by atoms with Crippen LogP contribution in [0.1, 0.15) is 24.0 Å². The molecule has 0 bridgehead atoms. The largest absolute Gasteiger partial charge is 0.497 e. The van der Waals surface area contributed by atoms with Crippen LogP contribution in [0.5, 0.6) is 5.75 Å². The van der Waals surface area contributed by atoms with Crippen LogP contribution < -0.4 is 9.64 Å². The molecule has 2 aliphatic heterocycles. The molecule has 2 aromatic rings. The first kappa shape index (κ1) is 18.5. The lowest BCUT2D eigenvalue weighted by molar-refractivity contribution is -0.130. The van der Waals surface area contributed by atoms with Gasteiger partial charge in [0.15, 0.2) is 0 Å². The molecule has 0 aromatic heterocycles. The molecule has 28 heavy (non-hydrogen) atoms. The summed E-state index contributed by atoms with van der Waals surface area (Å²) in [5.41, 5.74) is 2.97. The minimum absolute atomic E-state index is 0.116. The maximum atomic E-state index is 12.8. The molecule has 2 saturated heterocycles. The summed E-state index contributed by atoms with van der Waals surface area (Å²) < 4.78 is 5.17. The highest BCUT2D eigenvalue weighted by Crippen LogP contribution is 2.42. The molecule has 5 nitrogen and oxygen atoms in total. The van der Waals surface area contributed by atoms with E-state index in [0.29, 0.717) is 25.9 Å². The van der Waals surface area contributed by atoms with E-state index in [-0.39, 0.29) is 17.2 Å². The Balaban J connectivity index is 1.42. The first-order valence-electron chi connectivity index (χ1n) is 9.76. The number of rotatable bonds is 4. The number of hydrogen-bond acceptors (Lipinski definition) is 3. The zero-order chi connectivity index (χ0) is 19.7. The third-order valence-electron chi connectivity index (χ3n) is 6.03. The fourth-order valence-corrected chi connectivity index (χ4v) is 4.43. The minimum atomic E-state index is -0.116. The highest BCUT2D eigenvalue weighted by molar-refractivity contribution is 5.97. The van der Waals surface area contributed by atoms with Crippen molar-refractivity contribution < 1.29 is 14.3 Å². The van der Waals surface area contributed by atoms with E-state index in [9.17, 15) is 9.59 Å². The van der Waals surface area contributed by atoms with Gasteiger partial charge in [0.25, 0.3) is 0 Å². The monoisotopic (exact) mass is 378 g/mol. The number of aryl methyl sites for hydroxylation is 1. The van der Waals surface area contributed by atoms with E-state index in [1.54, 1.807) is 7.11 Å². The summed E-state index contributed by atoms with van der Waals surface area (Å²) >= 11 is 0. The topological polar surface area (TPSA) is 49.9 Å². The molecule has 2 fully saturated rings. The summed E-state index contributed by atoms with van der Waals surface area (Å²) in [7, 11) is 1.63. The van der Waals surface area contributed by atoms with E-state index in [2.05, 4.69) is 0 Å². The number of likely N-dealkylation sites (tertiary alicyclic amines) is 1. The van der Waals surface area contributed by atoms with E-state index in [4.69, 9.17) is 4.74 Å². The van der Waals surface area contributed by atoms with Gasteiger partial charge in [-0.15, -0.1) is 0 Å². The van der Waals surface area contributed by atoms with Gasteiger partial charge in [-0.05, 0) is 42.7 Å². The molecular formula is C23H26N2O3. The summed E-state index contributed by atoms with van der Waals surface area (Å²) in [6, 6.07) is 15.6. The van der Waals surface area contributed by atoms with Crippen LogP contribution in [0.2, 0.25) is 0 Å². The van der Waals surface area contributed by atoms with Crippen molar-refractivity contribution in [2.24, 2.45) is 5.41 Å². The molecule has 1 unspecified atom stereocenters. The van der Waals surface area contributed by atoms with Gasteiger partial charge in [-0.3, -0.25) is 9.59 Å². The Morgan fingerprint density at radius 2 is 1.86 bits per heavy atom.